The molecule has 0 bridgehead atoms. The van der Waals surface area contributed by atoms with Crippen LogP contribution in [0.25, 0.3) is 0 Å². The smallest absolute Gasteiger partial charge is 0.251 e. The van der Waals surface area contributed by atoms with Crippen LogP contribution in [0.4, 0.5) is 0 Å². The van der Waals surface area contributed by atoms with Crippen molar-refractivity contribution in [3.05, 3.63) is 24.3 Å². The number of carbonyl (C=O) groups is 3. The fourth-order valence-corrected chi connectivity index (χ4v) is 4.70. The Morgan fingerprint density at radius 2 is 1.89 bits per heavy atom. The number of amides is 3. The van der Waals surface area contributed by atoms with Gasteiger partial charge in [-0.15, -0.1) is 0 Å². The summed E-state index contributed by atoms with van der Waals surface area (Å²) in [6, 6.07) is 5.46. The molecule has 0 radical (unpaired) electrons. The molecule has 7 N–H and O–H groups in total. The molecule has 1 heterocycles. The predicted molar refractivity (Wildman–Crippen MR) is 140 cm³/mol. The van der Waals surface area contributed by atoms with Gasteiger partial charge in [0.1, 0.15) is 17.5 Å². The van der Waals surface area contributed by atoms with Crippen LogP contribution in [0.1, 0.15) is 64.2 Å². The van der Waals surface area contributed by atoms with E-state index in [9.17, 15) is 14.4 Å². The summed E-state index contributed by atoms with van der Waals surface area (Å²) in [4.78, 5) is 42.1. The molecule has 1 aromatic carbocycles. The third kappa shape index (κ3) is 9.14. The Hall–Kier alpha value is -3.50. The highest BCUT2D eigenvalue weighted by atomic mass is 16.5. The summed E-state index contributed by atoms with van der Waals surface area (Å²) in [6.45, 7) is 0.527. The number of hydrogen-bond donors (Lipinski definition) is 5. The molecule has 204 valence electrons. The van der Waals surface area contributed by atoms with Gasteiger partial charge in [0.05, 0.1) is 7.11 Å². The fourth-order valence-electron chi connectivity index (χ4n) is 4.70. The Balaban J connectivity index is 1.55. The summed E-state index contributed by atoms with van der Waals surface area (Å²) in [5.74, 6) is 0.676. The van der Waals surface area contributed by atoms with E-state index in [0.717, 1.165) is 38.5 Å². The van der Waals surface area contributed by atoms with Crippen LogP contribution in [0.5, 0.6) is 11.5 Å². The molecule has 37 heavy (non-hydrogen) atoms. The zero-order valence-electron chi connectivity index (χ0n) is 21.5. The van der Waals surface area contributed by atoms with E-state index in [4.69, 9.17) is 20.9 Å². The first-order valence-corrected chi connectivity index (χ1v) is 13.1. The number of unbranched alkanes of at least 4 members (excludes halogenated alkanes) is 2. The lowest BCUT2D eigenvalue weighted by Crippen LogP contribution is -2.72. The van der Waals surface area contributed by atoms with E-state index >= 15 is 0 Å². The van der Waals surface area contributed by atoms with Crippen LogP contribution in [0.2, 0.25) is 0 Å². The van der Waals surface area contributed by atoms with Gasteiger partial charge in [0.25, 0.3) is 5.91 Å². The Morgan fingerprint density at radius 3 is 2.59 bits per heavy atom. The zero-order valence-corrected chi connectivity index (χ0v) is 21.5. The average molecular weight is 517 g/mol. The van der Waals surface area contributed by atoms with Gasteiger partial charge in [0.15, 0.2) is 12.0 Å². The second kappa shape index (κ2) is 14.3. The molecule has 11 nitrogen and oxygen atoms in total. The fraction of sp³-hybridized carbons (Fsp3) is 0.615. The Labute approximate surface area is 218 Å². The van der Waals surface area contributed by atoms with Gasteiger partial charge in [0, 0.05) is 19.0 Å². The van der Waals surface area contributed by atoms with E-state index < -0.39 is 18.3 Å². The van der Waals surface area contributed by atoms with Crippen molar-refractivity contribution in [3.63, 3.8) is 0 Å². The zero-order chi connectivity index (χ0) is 26.6. The molecule has 0 aromatic heterocycles. The van der Waals surface area contributed by atoms with Crippen LogP contribution in [0, 0.1) is 5.92 Å². The lowest BCUT2D eigenvalue weighted by Gasteiger charge is -2.37. The van der Waals surface area contributed by atoms with Crippen molar-refractivity contribution >= 4 is 23.7 Å². The number of β-lactam (4-membered cyclic amide) rings is 1. The molecule has 1 aliphatic carbocycles. The van der Waals surface area contributed by atoms with E-state index in [1.807, 2.05) is 0 Å². The Kier molecular flexibility index (Phi) is 10.8. The van der Waals surface area contributed by atoms with Gasteiger partial charge in [0.2, 0.25) is 18.0 Å². The van der Waals surface area contributed by atoms with Crippen molar-refractivity contribution in [2.45, 2.75) is 82.5 Å². The molecule has 3 unspecified atom stereocenters. The van der Waals surface area contributed by atoms with E-state index in [-0.39, 0.29) is 23.7 Å². The number of ether oxygens (including phenoxy) is 2. The number of benzene rings is 1. The molecule has 3 atom stereocenters. The van der Waals surface area contributed by atoms with Gasteiger partial charge in [-0.25, -0.2) is 0 Å². The van der Waals surface area contributed by atoms with Crippen molar-refractivity contribution < 1.29 is 23.9 Å². The normalized spacial score (nSPS) is 20.1. The number of guanidine groups is 1. The van der Waals surface area contributed by atoms with Crippen LogP contribution in [0.15, 0.2) is 29.3 Å². The number of nitrogens with two attached hydrogens (primary N) is 2. The lowest BCUT2D eigenvalue weighted by molar-refractivity contribution is -0.144. The van der Waals surface area contributed by atoms with E-state index in [1.54, 1.807) is 31.4 Å². The second-order valence-corrected chi connectivity index (χ2v) is 9.69. The minimum atomic E-state index is -0.847. The number of nitrogens with zero attached hydrogens (tertiary/aromatic N) is 1. The van der Waals surface area contributed by atoms with Gasteiger partial charge < -0.3 is 36.9 Å². The third-order valence-corrected chi connectivity index (χ3v) is 6.77. The molecular weight excluding hydrogens is 476 g/mol. The van der Waals surface area contributed by atoms with Crippen LogP contribution in [-0.2, 0) is 14.4 Å². The molecule has 0 spiro atoms. The molecular formula is C26H40N6O5. The summed E-state index contributed by atoms with van der Waals surface area (Å²) in [6.07, 6.45) is 7.94. The molecule has 1 saturated carbocycles. The topological polar surface area (TPSA) is 170 Å². The number of carbonyl (C=O) groups excluding carboxylic acids is 3. The predicted octanol–water partition coefficient (Wildman–Crippen LogP) is 1.30. The van der Waals surface area contributed by atoms with Crippen LogP contribution >= 0.6 is 0 Å². The largest absolute Gasteiger partial charge is 0.497 e. The van der Waals surface area contributed by atoms with Gasteiger partial charge in [-0.05, 0) is 37.3 Å². The summed E-state index contributed by atoms with van der Waals surface area (Å²) in [5, 5.41) is 8.38. The monoisotopic (exact) mass is 516 g/mol. The summed E-state index contributed by atoms with van der Waals surface area (Å²) in [5.41, 5.74) is 10.6. The van der Waals surface area contributed by atoms with Crippen LogP contribution in [0.3, 0.4) is 0 Å². The highest BCUT2D eigenvalue weighted by Crippen LogP contribution is 2.28. The van der Waals surface area contributed by atoms with Crippen LogP contribution in [-0.4, -0.2) is 55.6 Å². The molecule has 3 amide bonds. The van der Waals surface area contributed by atoms with Gasteiger partial charge in [-0.1, -0.05) is 44.6 Å². The maximum Gasteiger partial charge on any atom is 0.251 e. The van der Waals surface area contributed by atoms with Gasteiger partial charge in [-0.3, -0.25) is 19.4 Å². The minimum Gasteiger partial charge on any atom is -0.497 e. The van der Waals surface area contributed by atoms with Crippen molar-refractivity contribution in [2.24, 2.45) is 22.4 Å². The highest BCUT2D eigenvalue weighted by Gasteiger charge is 2.43. The number of nitrogens with one attached hydrogen (secondary N) is 3. The molecule has 1 aliphatic heterocycles. The molecule has 2 aliphatic rings. The summed E-state index contributed by atoms with van der Waals surface area (Å²) >= 11 is 0. The van der Waals surface area contributed by atoms with Gasteiger partial charge >= 0.3 is 0 Å². The Morgan fingerprint density at radius 1 is 1.14 bits per heavy atom. The lowest BCUT2D eigenvalue weighted by atomic mass is 9.84. The maximum atomic E-state index is 13.3. The third-order valence-electron chi connectivity index (χ3n) is 6.77. The number of methoxy groups -OCH3 is 1. The first kappa shape index (κ1) is 28.1. The second-order valence-electron chi connectivity index (χ2n) is 9.69. The van der Waals surface area contributed by atoms with Crippen molar-refractivity contribution in [1.29, 1.82) is 0 Å². The molecule has 11 heteroatoms. The first-order chi connectivity index (χ1) is 17.9. The maximum absolute atomic E-state index is 13.3. The van der Waals surface area contributed by atoms with E-state index in [2.05, 4.69) is 20.9 Å². The summed E-state index contributed by atoms with van der Waals surface area (Å²) < 4.78 is 11.1. The SMILES string of the molecule is COc1cccc(OC2NC(=O)C2NC(=O)C(CC2CCCCC2)NC(=O)CCCCCN=C(N)N)c1. The Bertz CT molecular complexity index is 945. The standard InChI is InChI=1S/C26H40N6O5/c1-36-18-11-8-12-19(16-18)37-25-22(24(35)32-25)31-23(34)20(15-17-9-4-2-5-10-17)30-21(33)13-6-3-7-14-29-26(27)28/h8,11-12,16-17,20,22,25H,2-7,9-10,13-15H2,1H3,(H,30,33)(H,31,34)(H,32,35)(H4,27,28,29). The molecule has 1 saturated heterocycles. The number of hydrogen-bond acceptors (Lipinski definition) is 6. The number of aliphatic imine (C=N–C) groups is 1. The van der Waals surface area contributed by atoms with Crippen molar-refractivity contribution in [2.75, 3.05) is 13.7 Å². The van der Waals surface area contributed by atoms with E-state index in [0.29, 0.717) is 43.2 Å². The molecule has 3 rings (SSSR count). The minimum absolute atomic E-state index is 0.0607. The van der Waals surface area contributed by atoms with Crippen molar-refractivity contribution in [3.8, 4) is 11.5 Å². The van der Waals surface area contributed by atoms with E-state index in [1.165, 1.54) is 6.42 Å². The first-order valence-electron chi connectivity index (χ1n) is 13.1. The molecule has 1 aromatic rings. The summed E-state index contributed by atoms with van der Waals surface area (Å²) in [7, 11) is 1.56. The average Bonchev–Trinajstić information content (AvgIpc) is 2.89. The number of rotatable bonds is 14. The molecule has 2 fully saturated rings. The quantitative estimate of drug-likeness (QED) is 0.107. The highest BCUT2D eigenvalue weighted by molar-refractivity contribution is 5.95. The van der Waals surface area contributed by atoms with Crippen LogP contribution < -0.4 is 36.9 Å². The van der Waals surface area contributed by atoms with Gasteiger partial charge in [-0.2, -0.15) is 0 Å². The van der Waals surface area contributed by atoms with Crippen molar-refractivity contribution in [1.82, 2.24) is 16.0 Å².